The molecular formula is C7H14O4S. The highest BCUT2D eigenvalue weighted by atomic mass is 32.2. The van der Waals surface area contributed by atoms with E-state index in [-0.39, 0.29) is 12.2 Å². The minimum Gasteiger partial charge on any atom is -0.481 e. The van der Waals surface area contributed by atoms with Gasteiger partial charge in [0.05, 0.1) is 0 Å². The molecule has 0 aliphatic rings. The maximum Gasteiger partial charge on any atom is 0.303 e. The summed E-state index contributed by atoms with van der Waals surface area (Å²) in [5.74, 6) is -0.665. The summed E-state index contributed by atoms with van der Waals surface area (Å²) in [5.41, 5.74) is 0. The van der Waals surface area contributed by atoms with Crippen LogP contribution in [-0.2, 0) is 14.6 Å². The fourth-order valence-corrected chi connectivity index (χ4v) is 1.55. The number of hydrogen-bond acceptors (Lipinski definition) is 3. The monoisotopic (exact) mass is 194 g/mol. The Morgan fingerprint density at radius 3 is 2.25 bits per heavy atom. The lowest BCUT2D eigenvalue weighted by Crippen LogP contribution is -2.03. The van der Waals surface area contributed by atoms with Gasteiger partial charge in [-0.15, -0.1) is 0 Å². The van der Waals surface area contributed by atoms with E-state index in [1.165, 1.54) is 6.26 Å². The summed E-state index contributed by atoms with van der Waals surface area (Å²) in [4.78, 5) is 10.0. The summed E-state index contributed by atoms with van der Waals surface area (Å²) in [6, 6.07) is 0. The zero-order chi connectivity index (χ0) is 9.61. The number of sulfone groups is 1. The molecule has 0 radical (unpaired) electrons. The van der Waals surface area contributed by atoms with Crippen molar-refractivity contribution in [1.82, 2.24) is 0 Å². The Morgan fingerprint density at radius 1 is 1.25 bits per heavy atom. The van der Waals surface area contributed by atoms with Gasteiger partial charge in [0, 0.05) is 18.4 Å². The first-order chi connectivity index (χ1) is 5.42. The van der Waals surface area contributed by atoms with Crippen molar-refractivity contribution < 1.29 is 18.3 Å². The highest BCUT2D eigenvalue weighted by Gasteiger charge is 2.01. The average molecular weight is 194 g/mol. The molecule has 0 saturated carbocycles. The van der Waals surface area contributed by atoms with Crippen LogP contribution in [0.4, 0.5) is 0 Å². The van der Waals surface area contributed by atoms with E-state index in [1.54, 1.807) is 0 Å². The van der Waals surface area contributed by atoms with Crippen LogP contribution < -0.4 is 0 Å². The number of hydrogen-bond donors (Lipinski definition) is 1. The van der Waals surface area contributed by atoms with Crippen LogP contribution in [0.5, 0.6) is 0 Å². The first kappa shape index (κ1) is 11.4. The van der Waals surface area contributed by atoms with Crippen LogP contribution in [0.2, 0.25) is 0 Å². The topological polar surface area (TPSA) is 71.4 Å². The summed E-state index contributed by atoms with van der Waals surface area (Å²) in [6.45, 7) is 0. The molecule has 1 N–H and O–H groups in total. The average Bonchev–Trinajstić information content (AvgIpc) is 1.83. The van der Waals surface area contributed by atoms with Gasteiger partial charge in [-0.3, -0.25) is 4.79 Å². The molecule has 0 aromatic carbocycles. The molecular weight excluding hydrogens is 180 g/mol. The van der Waals surface area contributed by atoms with Gasteiger partial charge in [0.2, 0.25) is 0 Å². The summed E-state index contributed by atoms with van der Waals surface area (Å²) in [7, 11) is -2.87. The van der Waals surface area contributed by atoms with Crippen LogP contribution >= 0.6 is 0 Å². The second-order valence-corrected chi connectivity index (χ2v) is 5.09. The second-order valence-electron chi connectivity index (χ2n) is 2.83. The van der Waals surface area contributed by atoms with E-state index in [4.69, 9.17) is 5.11 Å². The molecule has 0 unspecified atom stereocenters. The van der Waals surface area contributed by atoms with Gasteiger partial charge >= 0.3 is 5.97 Å². The molecule has 0 atom stereocenters. The number of carboxylic acid groups (broad SMARTS) is 1. The third-order valence-corrected chi connectivity index (χ3v) is 2.44. The molecule has 0 spiro atoms. The second kappa shape index (κ2) is 5.13. The third-order valence-electron chi connectivity index (χ3n) is 1.41. The molecule has 0 fully saturated rings. The van der Waals surface area contributed by atoms with Gasteiger partial charge in [0.1, 0.15) is 9.84 Å². The summed E-state index contributed by atoms with van der Waals surface area (Å²) in [5, 5.41) is 8.25. The highest BCUT2D eigenvalue weighted by Crippen LogP contribution is 2.01. The molecule has 0 aliphatic carbocycles. The van der Waals surface area contributed by atoms with Crippen molar-refractivity contribution in [3.05, 3.63) is 0 Å². The quantitative estimate of drug-likeness (QED) is 0.631. The fraction of sp³-hybridized carbons (Fsp3) is 0.857. The smallest absolute Gasteiger partial charge is 0.303 e. The molecule has 0 aromatic rings. The standard InChI is InChI=1S/C7H14O4S/c1-12(10,11)6-4-2-3-5-7(8)9/h2-6H2,1H3,(H,8,9). The fourth-order valence-electron chi connectivity index (χ4n) is 0.817. The van der Waals surface area contributed by atoms with Gasteiger partial charge < -0.3 is 5.11 Å². The number of rotatable bonds is 6. The van der Waals surface area contributed by atoms with E-state index >= 15 is 0 Å². The highest BCUT2D eigenvalue weighted by molar-refractivity contribution is 7.90. The molecule has 12 heavy (non-hydrogen) atoms. The molecule has 4 nitrogen and oxygen atoms in total. The lowest BCUT2D eigenvalue weighted by Gasteiger charge is -1.97. The first-order valence-electron chi connectivity index (χ1n) is 3.81. The minimum atomic E-state index is -2.87. The molecule has 0 bridgehead atoms. The molecule has 0 saturated heterocycles. The maximum absolute atomic E-state index is 10.6. The van der Waals surface area contributed by atoms with Crippen molar-refractivity contribution in [1.29, 1.82) is 0 Å². The Bertz CT molecular complexity index is 230. The molecule has 0 aliphatic heterocycles. The Balaban J connectivity index is 3.29. The van der Waals surface area contributed by atoms with Crippen molar-refractivity contribution in [2.45, 2.75) is 25.7 Å². The van der Waals surface area contributed by atoms with Gasteiger partial charge in [-0.2, -0.15) is 0 Å². The van der Waals surface area contributed by atoms with Crippen LogP contribution in [0.3, 0.4) is 0 Å². The van der Waals surface area contributed by atoms with Crippen LogP contribution in [-0.4, -0.2) is 31.5 Å². The molecule has 0 aromatic heterocycles. The van der Waals surface area contributed by atoms with Crippen molar-refractivity contribution >= 4 is 15.8 Å². The van der Waals surface area contributed by atoms with Gasteiger partial charge in [0.15, 0.2) is 0 Å². The lowest BCUT2D eigenvalue weighted by molar-refractivity contribution is -0.137. The normalized spacial score (nSPS) is 11.4. The zero-order valence-corrected chi connectivity index (χ0v) is 7.93. The Hall–Kier alpha value is -0.580. The predicted octanol–water partition coefficient (Wildman–Crippen LogP) is 0.676. The minimum absolute atomic E-state index is 0.129. The van der Waals surface area contributed by atoms with Gasteiger partial charge in [-0.05, 0) is 12.8 Å². The molecule has 0 amide bonds. The van der Waals surface area contributed by atoms with Crippen molar-refractivity contribution in [3.63, 3.8) is 0 Å². The SMILES string of the molecule is CS(=O)(=O)CCCCCC(=O)O. The summed E-state index contributed by atoms with van der Waals surface area (Å²) >= 11 is 0. The van der Waals surface area contributed by atoms with E-state index in [1.807, 2.05) is 0 Å². The number of unbranched alkanes of at least 4 members (excludes halogenated alkanes) is 2. The van der Waals surface area contributed by atoms with Gasteiger partial charge in [-0.25, -0.2) is 8.42 Å². The molecule has 0 rings (SSSR count). The van der Waals surface area contributed by atoms with Crippen LogP contribution in [0.1, 0.15) is 25.7 Å². The first-order valence-corrected chi connectivity index (χ1v) is 5.87. The van der Waals surface area contributed by atoms with Crippen molar-refractivity contribution in [2.75, 3.05) is 12.0 Å². The van der Waals surface area contributed by atoms with E-state index in [9.17, 15) is 13.2 Å². The van der Waals surface area contributed by atoms with Crippen LogP contribution in [0.25, 0.3) is 0 Å². The zero-order valence-electron chi connectivity index (χ0n) is 7.12. The largest absolute Gasteiger partial charge is 0.481 e. The van der Waals surface area contributed by atoms with E-state index < -0.39 is 15.8 Å². The van der Waals surface area contributed by atoms with Crippen molar-refractivity contribution in [3.8, 4) is 0 Å². The van der Waals surface area contributed by atoms with Gasteiger partial charge in [-0.1, -0.05) is 6.42 Å². The Morgan fingerprint density at radius 2 is 1.83 bits per heavy atom. The number of carboxylic acids is 1. The van der Waals surface area contributed by atoms with Crippen LogP contribution in [0.15, 0.2) is 0 Å². The Labute approximate surface area is 72.5 Å². The maximum atomic E-state index is 10.6. The van der Waals surface area contributed by atoms with E-state index in [2.05, 4.69) is 0 Å². The van der Waals surface area contributed by atoms with E-state index in [0.29, 0.717) is 19.3 Å². The third kappa shape index (κ3) is 9.42. The van der Waals surface area contributed by atoms with Gasteiger partial charge in [0.25, 0.3) is 0 Å². The Kier molecular flexibility index (Phi) is 4.89. The van der Waals surface area contributed by atoms with Crippen molar-refractivity contribution in [2.24, 2.45) is 0 Å². The lowest BCUT2D eigenvalue weighted by atomic mass is 10.2. The van der Waals surface area contributed by atoms with Crippen LogP contribution in [0, 0.1) is 0 Å². The molecule has 5 heteroatoms. The summed E-state index contributed by atoms with van der Waals surface area (Å²) < 4.78 is 21.2. The summed E-state index contributed by atoms with van der Waals surface area (Å²) in [6.07, 6.45) is 3.10. The number of aliphatic carboxylic acids is 1. The van der Waals surface area contributed by atoms with E-state index in [0.717, 1.165) is 0 Å². The number of carbonyl (C=O) groups is 1. The molecule has 0 heterocycles. The predicted molar refractivity (Wildman–Crippen MR) is 45.8 cm³/mol. The molecule has 72 valence electrons.